The van der Waals surface area contributed by atoms with Gasteiger partial charge in [0.25, 0.3) is 0 Å². The van der Waals surface area contributed by atoms with Crippen LogP contribution in [-0.2, 0) is 5.75 Å². The second-order valence-corrected chi connectivity index (χ2v) is 6.80. The Morgan fingerprint density at radius 1 is 1.08 bits per heavy atom. The van der Waals surface area contributed by atoms with E-state index in [2.05, 4.69) is 25.4 Å². The minimum absolute atomic E-state index is 0.465. The van der Waals surface area contributed by atoms with Crippen molar-refractivity contribution in [1.82, 2.24) is 29.8 Å². The smallest absolute Gasteiger partial charge is 0.247 e. The lowest BCUT2D eigenvalue weighted by Crippen LogP contribution is -1.98. The number of fused-ring (bicyclic) bond motifs is 1. The maximum Gasteiger partial charge on any atom is 0.247 e. The highest BCUT2D eigenvalue weighted by atomic mass is 35.5. The Labute approximate surface area is 152 Å². The van der Waals surface area contributed by atoms with Gasteiger partial charge in [-0.25, -0.2) is 4.98 Å². The fourth-order valence-corrected chi connectivity index (χ4v) is 3.39. The van der Waals surface area contributed by atoms with Gasteiger partial charge in [-0.05, 0) is 38.1 Å². The zero-order valence-electron chi connectivity index (χ0n) is 13.5. The van der Waals surface area contributed by atoms with Gasteiger partial charge in [-0.3, -0.25) is 4.40 Å². The third-order valence-corrected chi connectivity index (χ3v) is 4.71. The molecule has 0 amide bonds. The molecule has 0 aliphatic rings. The van der Waals surface area contributed by atoms with Crippen LogP contribution in [0.2, 0.25) is 5.02 Å². The van der Waals surface area contributed by atoms with E-state index in [1.54, 1.807) is 12.1 Å². The molecule has 0 atom stereocenters. The Bertz CT molecular complexity index is 1040. The van der Waals surface area contributed by atoms with Crippen LogP contribution in [0.25, 0.3) is 17.1 Å². The van der Waals surface area contributed by atoms with Crippen LogP contribution in [0, 0.1) is 13.8 Å². The van der Waals surface area contributed by atoms with Crippen molar-refractivity contribution in [1.29, 1.82) is 0 Å². The van der Waals surface area contributed by atoms with E-state index in [9.17, 15) is 0 Å². The molecule has 1 aromatic carbocycles. The second-order valence-electron chi connectivity index (χ2n) is 5.42. The zero-order chi connectivity index (χ0) is 17.4. The quantitative estimate of drug-likeness (QED) is 0.504. The first kappa shape index (κ1) is 16.0. The highest BCUT2D eigenvalue weighted by molar-refractivity contribution is 7.98. The van der Waals surface area contributed by atoms with E-state index in [0.29, 0.717) is 22.6 Å². The maximum absolute atomic E-state index is 5.89. The molecule has 4 rings (SSSR count). The molecule has 0 bridgehead atoms. The average molecular weight is 373 g/mol. The van der Waals surface area contributed by atoms with Crippen molar-refractivity contribution in [3.05, 3.63) is 52.8 Å². The van der Waals surface area contributed by atoms with Gasteiger partial charge in [-0.15, -0.1) is 20.4 Å². The van der Waals surface area contributed by atoms with Gasteiger partial charge in [0.05, 0.1) is 5.75 Å². The lowest BCUT2D eigenvalue weighted by molar-refractivity contribution is 0.528. The molecule has 25 heavy (non-hydrogen) atoms. The Kier molecular flexibility index (Phi) is 4.14. The first-order chi connectivity index (χ1) is 12.1. The molecule has 0 spiro atoms. The Morgan fingerprint density at radius 3 is 2.68 bits per heavy atom. The van der Waals surface area contributed by atoms with Crippen LogP contribution in [0.3, 0.4) is 0 Å². The molecule has 0 aliphatic carbocycles. The molecule has 7 nitrogen and oxygen atoms in total. The van der Waals surface area contributed by atoms with Gasteiger partial charge >= 0.3 is 0 Å². The summed E-state index contributed by atoms with van der Waals surface area (Å²) in [5, 5.41) is 18.0. The summed E-state index contributed by atoms with van der Waals surface area (Å²) in [7, 11) is 0. The molecule has 9 heteroatoms. The Balaban J connectivity index is 1.53. The van der Waals surface area contributed by atoms with Crippen LogP contribution < -0.4 is 0 Å². The summed E-state index contributed by atoms with van der Waals surface area (Å²) in [5.41, 5.74) is 2.52. The molecule has 3 aromatic heterocycles. The van der Waals surface area contributed by atoms with Crippen LogP contribution in [0.4, 0.5) is 0 Å². The van der Waals surface area contributed by atoms with Crippen molar-refractivity contribution >= 4 is 29.0 Å². The van der Waals surface area contributed by atoms with Crippen molar-refractivity contribution in [2.75, 3.05) is 0 Å². The van der Waals surface area contributed by atoms with Crippen LogP contribution in [-0.4, -0.2) is 29.8 Å². The molecular formula is C16H13ClN6OS. The molecule has 0 saturated heterocycles. The van der Waals surface area contributed by atoms with Gasteiger partial charge in [0.15, 0.2) is 10.8 Å². The summed E-state index contributed by atoms with van der Waals surface area (Å²) in [4.78, 5) is 4.45. The number of hydrogen-bond acceptors (Lipinski definition) is 7. The summed E-state index contributed by atoms with van der Waals surface area (Å²) in [6.45, 7) is 3.87. The molecule has 4 aromatic rings. The van der Waals surface area contributed by atoms with Crippen molar-refractivity contribution in [3.8, 4) is 11.5 Å². The first-order valence-corrected chi connectivity index (χ1v) is 8.87. The lowest BCUT2D eigenvalue weighted by atomic mass is 10.2. The minimum Gasteiger partial charge on any atom is -0.420 e. The number of nitrogens with zero attached hydrogens (tertiary/aromatic N) is 6. The lowest BCUT2D eigenvalue weighted by Gasteiger charge is -2.02. The van der Waals surface area contributed by atoms with Gasteiger partial charge in [-0.2, -0.15) is 0 Å². The summed E-state index contributed by atoms with van der Waals surface area (Å²) in [5.74, 6) is 2.32. The SMILES string of the molecule is Cc1cc2nnc(SCc3nnc(-c4ccc(Cl)cc4)o3)n2c(C)n1. The van der Waals surface area contributed by atoms with Crippen LogP contribution in [0.15, 0.2) is 39.9 Å². The van der Waals surface area contributed by atoms with Crippen molar-refractivity contribution in [3.63, 3.8) is 0 Å². The average Bonchev–Trinajstić information content (AvgIpc) is 3.20. The molecule has 0 unspecified atom stereocenters. The van der Waals surface area contributed by atoms with E-state index in [1.807, 2.05) is 36.4 Å². The predicted octanol–water partition coefficient (Wildman–Crippen LogP) is 3.74. The number of rotatable bonds is 4. The number of benzene rings is 1. The van der Waals surface area contributed by atoms with Gasteiger partial charge < -0.3 is 4.42 Å². The number of thioether (sulfide) groups is 1. The second kappa shape index (κ2) is 6.45. The minimum atomic E-state index is 0.465. The summed E-state index contributed by atoms with van der Waals surface area (Å²) in [6, 6.07) is 9.16. The number of halogens is 1. The van der Waals surface area contributed by atoms with E-state index in [-0.39, 0.29) is 0 Å². The molecule has 0 N–H and O–H groups in total. The third kappa shape index (κ3) is 3.22. The molecule has 126 valence electrons. The Hall–Kier alpha value is -2.45. The van der Waals surface area contributed by atoms with Gasteiger partial charge in [0.1, 0.15) is 5.82 Å². The first-order valence-electron chi connectivity index (χ1n) is 7.50. The molecule has 0 radical (unpaired) electrons. The van der Waals surface area contributed by atoms with E-state index < -0.39 is 0 Å². The van der Waals surface area contributed by atoms with Gasteiger partial charge in [0, 0.05) is 22.3 Å². The molecule has 0 fully saturated rings. The number of hydrogen-bond donors (Lipinski definition) is 0. The highest BCUT2D eigenvalue weighted by Gasteiger charge is 2.13. The topological polar surface area (TPSA) is 82.0 Å². The summed E-state index contributed by atoms with van der Waals surface area (Å²) >= 11 is 7.36. The third-order valence-electron chi connectivity index (χ3n) is 3.54. The van der Waals surface area contributed by atoms with Gasteiger partial charge in [0.2, 0.25) is 11.8 Å². The van der Waals surface area contributed by atoms with Crippen LogP contribution in [0.5, 0.6) is 0 Å². The van der Waals surface area contributed by atoms with E-state index in [1.165, 1.54) is 11.8 Å². The number of aromatic nitrogens is 6. The Morgan fingerprint density at radius 2 is 1.88 bits per heavy atom. The fraction of sp³-hybridized carbons (Fsp3) is 0.188. The van der Waals surface area contributed by atoms with E-state index >= 15 is 0 Å². The van der Waals surface area contributed by atoms with E-state index in [0.717, 1.165) is 27.9 Å². The normalized spacial score (nSPS) is 11.3. The fourth-order valence-electron chi connectivity index (χ4n) is 2.44. The van der Waals surface area contributed by atoms with Crippen LogP contribution >= 0.6 is 23.4 Å². The van der Waals surface area contributed by atoms with Gasteiger partial charge in [-0.1, -0.05) is 23.4 Å². The summed E-state index contributed by atoms with van der Waals surface area (Å²) < 4.78 is 7.62. The standard InChI is InChI=1S/C16H13ClN6OS/c1-9-7-13-19-22-16(23(13)10(2)18-9)25-8-14-20-21-15(24-14)11-3-5-12(17)6-4-11/h3-7H,8H2,1-2H3. The molecular weight excluding hydrogens is 360 g/mol. The predicted molar refractivity (Wildman–Crippen MR) is 94.6 cm³/mol. The van der Waals surface area contributed by atoms with Crippen molar-refractivity contribution < 1.29 is 4.42 Å². The highest BCUT2D eigenvalue weighted by Crippen LogP contribution is 2.25. The van der Waals surface area contributed by atoms with Crippen molar-refractivity contribution in [2.45, 2.75) is 24.8 Å². The van der Waals surface area contributed by atoms with Crippen LogP contribution in [0.1, 0.15) is 17.4 Å². The monoisotopic (exact) mass is 372 g/mol. The molecule has 0 saturated carbocycles. The largest absolute Gasteiger partial charge is 0.420 e. The van der Waals surface area contributed by atoms with Crippen molar-refractivity contribution in [2.24, 2.45) is 0 Å². The number of aryl methyl sites for hydroxylation is 2. The molecule has 0 aliphatic heterocycles. The maximum atomic E-state index is 5.89. The van der Waals surface area contributed by atoms with E-state index in [4.69, 9.17) is 16.0 Å². The zero-order valence-corrected chi connectivity index (χ0v) is 15.0. The summed E-state index contributed by atoms with van der Waals surface area (Å²) in [6.07, 6.45) is 0. The molecule has 3 heterocycles.